The summed E-state index contributed by atoms with van der Waals surface area (Å²) in [6, 6.07) is 3.50. The molecular formula is C10H6BrF3N2O. The average Bonchev–Trinajstić information content (AvgIpc) is 2.62. The molecule has 1 aromatic heterocycles. The standard InChI is InChI=1S/C10H6BrF3N2O/c11-7-2-5(8-4-16-17-9(8)15)1-6(3-7)10(12,13)14/h1-4H,15H2. The highest BCUT2D eigenvalue weighted by Gasteiger charge is 2.31. The first-order valence-electron chi connectivity index (χ1n) is 4.46. The van der Waals surface area contributed by atoms with Crippen molar-refractivity contribution in [1.29, 1.82) is 0 Å². The number of rotatable bonds is 1. The number of nitrogens with zero attached hydrogens (tertiary/aromatic N) is 1. The maximum atomic E-state index is 12.6. The lowest BCUT2D eigenvalue weighted by atomic mass is 10.1. The van der Waals surface area contributed by atoms with E-state index in [1.54, 1.807) is 0 Å². The fourth-order valence-corrected chi connectivity index (χ4v) is 1.87. The number of alkyl halides is 3. The fraction of sp³-hybridized carbons (Fsp3) is 0.100. The van der Waals surface area contributed by atoms with E-state index in [1.165, 1.54) is 12.3 Å². The summed E-state index contributed by atoms with van der Waals surface area (Å²) in [4.78, 5) is 0. The molecule has 0 saturated heterocycles. The van der Waals surface area contributed by atoms with Gasteiger partial charge in [0.2, 0.25) is 5.88 Å². The van der Waals surface area contributed by atoms with Gasteiger partial charge in [0.05, 0.1) is 17.3 Å². The van der Waals surface area contributed by atoms with Crippen molar-refractivity contribution in [3.63, 3.8) is 0 Å². The van der Waals surface area contributed by atoms with Gasteiger partial charge in [0.25, 0.3) is 0 Å². The van der Waals surface area contributed by atoms with E-state index in [4.69, 9.17) is 5.73 Å². The van der Waals surface area contributed by atoms with Crippen molar-refractivity contribution in [3.8, 4) is 11.1 Å². The molecule has 1 aromatic carbocycles. The van der Waals surface area contributed by atoms with Crippen LogP contribution in [0.15, 0.2) is 33.4 Å². The van der Waals surface area contributed by atoms with Crippen molar-refractivity contribution in [1.82, 2.24) is 5.16 Å². The Morgan fingerprint density at radius 1 is 1.24 bits per heavy atom. The van der Waals surface area contributed by atoms with Gasteiger partial charge in [-0.05, 0) is 23.8 Å². The van der Waals surface area contributed by atoms with Gasteiger partial charge < -0.3 is 10.3 Å². The van der Waals surface area contributed by atoms with Crippen molar-refractivity contribution >= 4 is 21.8 Å². The number of hydrogen-bond donors (Lipinski definition) is 1. The van der Waals surface area contributed by atoms with Gasteiger partial charge in [-0.1, -0.05) is 21.1 Å². The van der Waals surface area contributed by atoms with Crippen LogP contribution in [0.2, 0.25) is 0 Å². The second-order valence-corrected chi connectivity index (χ2v) is 4.25. The van der Waals surface area contributed by atoms with Crippen LogP contribution in [-0.2, 0) is 6.18 Å². The number of halogens is 4. The Morgan fingerprint density at radius 2 is 1.94 bits per heavy atom. The molecule has 0 amide bonds. The molecular weight excluding hydrogens is 301 g/mol. The van der Waals surface area contributed by atoms with E-state index in [2.05, 4.69) is 25.6 Å². The zero-order valence-electron chi connectivity index (χ0n) is 8.25. The van der Waals surface area contributed by atoms with Crippen LogP contribution >= 0.6 is 15.9 Å². The highest BCUT2D eigenvalue weighted by molar-refractivity contribution is 9.10. The highest BCUT2D eigenvalue weighted by atomic mass is 79.9. The van der Waals surface area contributed by atoms with Gasteiger partial charge in [-0.2, -0.15) is 13.2 Å². The van der Waals surface area contributed by atoms with Gasteiger partial charge in [-0.25, -0.2) is 0 Å². The quantitative estimate of drug-likeness (QED) is 0.874. The first-order chi connectivity index (χ1) is 7.88. The first-order valence-corrected chi connectivity index (χ1v) is 5.25. The number of nitrogen functional groups attached to an aromatic ring is 1. The summed E-state index contributed by atoms with van der Waals surface area (Å²) < 4.78 is 42.7. The van der Waals surface area contributed by atoms with Crippen molar-refractivity contribution in [3.05, 3.63) is 34.4 Å². The van der Waals surface area contributed by atoms with Crippen LogP contribution in [0.1, 0.15) is 5.56 Å². The van der Waals surface area contributed by atoms with E-state index >= 15 is 0 Å². The third-order valence-electron chi connectivity index (χ3n) is 2.13. The fourth-order valence-electron chi connectivity index (χ4n) is 1.37. The summed E-state index contributed by atoms with van der Waals surface area (Å²) in [5.41, 5.74) is 5.32. The molecule has 7 heteroatoms. The molecule has 1 heterocycles. The van der Waals surface area contributed by atoms with Crippen molar-refractivity contribution < 1.29 is 17.7 Å². The van der Waals surface area contributed by atoms with Crippen LogP contribution in [0.5, 0.6) is 0 Å². The number of benzene rings is 1. The van der Waals surface area contributed by atoms with Crippen molar-refractivity contribution in [2.75, 3.05) is 5.73 Å². The maximum Gasteiger partial charge on any atom is 0.416 e. The predicted octanol–water partition coefficient (Wildman–Crippen LogP) is 3.71. The predicted molar refractivity (Wildman–Crippen MR) is 59.1 cm³/mol. The minimum atomic E-state index is -4.41. The first kappa shape index (κ1) is 12.0. The highest BCUT2D eigenvalue weighted by Crippen LogP contribution is 2.36. The van der Waals surface area contributed by atoms with Gasteiger partial charge in [-0.3, -0.25) is 0 Å². The molecule has 90 valence electrons. The molecule has 0 fully saturated rings. The lowest BCUT2D eigenvalue weighted by Gasteiger charge is -2.09. The van der Waals surface area contributed by atoms with Crippen LogP contribution in [0.25, 0.3) is 11.1 Å². The molecule has 0 atom stereocenters. The summed E-state index contributed by atoms with van der Waals surface area (Å²) >= 11 is 3.02. The molecule has 0 spiro atoms. The topological polar surface area (TPSA) is 52.0 Å². The molecule has 2 aromatic rings. The third kappa shape index (κ3) is 2.44. The van der Waals surface area contributed by atoms with Crippen LogP contribution in [0, 0.1) is 0 Å². The lowest BCUT2D eigenvalue weighted by molar-refractivity contribution is -0.137. The van der Waals surface area contributed by atoms with Gasteiger partial charge in [0.15, 0.2) is 0 Å². The van der Waals surface area contributed by atoms with Gasteiger partial charge in [-0.15, -0.1) is 0 Å². The van der Waals surface area contributed by atoms with E-state index in [-0.39, 0.29) is 5.88 Å². The monoisotopic (exact) mass is 306 g/mol. The van der Waals surface area contributed by atoms with E-state index < -0.39 is 11.7 Å². The van der Waals surface area contributed by atoms with Crippen molar-refractivity contribution in [2.24, 2.45) is 0 Å². The number of aromatic nitrogens is 1. The van der Waals surface area contributed by atoms with Crippen LogP contribution in [0.3, 0.4) is 0 Å². The smallest absolute Gasteiger partial charge is 0.367 e. The SMILES string of the molecule is Nc1oncc1-c1cc(Br)cc(C(F)(F)F)c1. The summed E-state index contributed by atoms with van der Waals surface area (Å²) in [7, 11) is 0. The van der Waals surface area contributed by atoms with Gasteiger partial charge >= 0.3 is 6.18 Å². The normalized spacial score (nSPS) is 11.8. The van der Waals surface area contributed by atoms with E-state index in [0.717, 1.165) is 12.1 Å². The lowest BCUT2D eigenvalue weighted by Crippen LogP contribution is -2.05. The Labute approximate surface area is 103 Å². The molecule has 2 N–H and O–H groups in total. The molecule has 0 bridgehead atoms. The van der Waals surface area contributed by atoms with Gasteiger partial charge in [0.1, 0.15) is 0 Å². The Bertz CT molecular complexity index is 551. The molecule has 0 aliphatic rings. The van der Waals surface area contributed by atoms with Gasteiger partial charge in [0, 0.05) is 4.47 Å². The molecule has 0 aliphatic carbocycles. The Balaban J connectivity index is 2.57. The summed E-state index contributed by atoms with van der Waals surface area (Å²) in [5, 5.41) is 3.42. The maximum absolute atomic E-state index is 12.6. The summed E-state index contributed by atoms with van der Waals surface area (Å²) in [6.07, 6.45) is -3.14. The zero-order valence-corrected chi connectivity index (χ0v) is 9.84. The number of nitrogens with two attached hydrogens (primary N) is 1. The second kappa shape index (κ2) is 4.06. The summed E-state index contributed by atoms with van der Waals surface area (Å²) in [5.74, 6) is -0.0174. The van der Waals surface area contributed by atoms with E-state index in [9.17, 15) is 13.2 Å². The largest absolute Gasteiger partial charge is 0.416 e. The average molecular weight is 307 g/mol. The van der Waals surface area contributed by atoms with Crippen LogP contribution in [-0.4, -0.2) is 5.16 Å². The Kier molecular flexibility index (Phi) is 2.86. The zero-order chi connectivity index (χ0) is 12.6. The van der Waals surface area contributed by atoms with Crippen LogP contribution < -0.4 is 5.73 Å². The minimum Gasteiger partial charge on any atom is -0.367 e. The summed E-state index contributed by atoms with van der Waals surface area (Å²) in [6.45, 7) is 0. The molecule has 17 heavy (non-hydrogen) atoms. The molecule has 0 radical (unpaired) electrons. The molecule has 0 aliphatic heterocycles. The van der Waals surface area contributed by atoms with E-state index in [1.807, 2.05) is 0 Å². The second-order valence-electron chi connectivity index (χ2n) is 3.33. The van der Waals surface area contributed by atoms with Crippen molar-refractivity contribution in [2.45, 2.75) is 6.18 Å². The molecule has 0 unspecified atom stereocenters. The molecule has 2 rings (SSSR count). The molecule has 3 nitrogen and oxygen atoms in total. The number of hydrogen-bond acceptors (Lipinski definition) is 3. The molecule has 0 saturated carbocycles. The minimum absolute atomic E-state index is 0.0174. The van der Waals surface area contributed by atoms with Crippen LogP contribution in [0.4, 0.5) is 19.1 Å². The Hall–Kier alpha value is -1.50. The third-order valence-corrected chi connectivity index (χ3v) is 2.59. The Morgan fingerprint density at radius 3 is 2.47 bits per heavy atom. The number of anilines is 1. The van der Waals surface area contributed by atoms with E-state index in [0.29, 0.717) is 15.6 Å².